The van der Waals surface area contributed by atoms with Crippen LogP contribution in [-0.4, -0.2) is 24.7 Å². The van der Waals surface area contributed by atoms with Crippen molar-refractivity contribution in [3.05, 3.63) is 36.5 Å². The topological polar surface area (TPSA) is 71.4 Å². The molecule has 0 bridgehead atoms. The standard InChI is InChI=1S/C14H18N6/c1-9(2)12(10-6-18-20(3)7-10)19-14-11-4-5-15-13(11)16-8-17-14/h4-9,12H,1-3H3,(H2,15,16,17,19)/t12-/m1/s1. The third-order valence-electron chi connectivity index (χ3n) is 3.40. The summed E-state index contributed by atoms with van der Waals surface area (Å²) in [6.07, 6.45) is 7.38. The second-order valence-corrected chi connectivity index (χ2v) is 5.28. The molecule has 0 saturated heterocycles. The van der Waals surface area contributed by atoms with Crippen molar-refractivity contribution in [1.29, 1.82) is 0 Å². The number of aromatic amines is 1. The molecule has 3 aromatic rings. The van der Waals surface area contributed by atoms with Crippen molar-refractivity contribution in [1.82, 2.24) is 24.7 Å². The van der Waals surface area contributed by atoms with Crippen molar-refractivity contribution in [3.8, 4) is 0 Å². The van der Waals surface area contributed by atoms with Crippen LogP contribution in [0.1, 0.15) is 25.5 Å². The minimum absolute atomic E-state index is 0.164. The molecule has 20 heavy (non-hydrogen) atoms. The molecule has 0 aromatic carbocycles. The van der Waals surface area contributed by atoms with Crippen LogP contribution in [0, 0.1) is 5.92 Å². The fourth-order valence-electron chi connectivity index (χ4n) is 2.37. The van der Waals surface area contributed by atoms with Gasteiger partial charge in [-0.1, -0.05) is 13.8 Å². The smallest absolute Gasteiger partial charge is 0.142 e. The van der Waals surface area contributed by atoms with Gasteiger partial charge in [-0.3, -0.25) is 4.68 Å². The molecule has 0 amide bonds. The Bertz CT molecular complexity index is 711. The molecule has 3 heterocycles. The van der Waals surface area contributed by atoms with Gasteiger partial charge in [-0.05, 0) is 12.0 Å². The number of H-pyrrole nitrogens is 1. The molecule has 0 aliphatic carbocycles. The van der Waals surface area contributed by atoms with Gasteiger partial charge in [0.25, 0.3) is 0 Å². The largest absolute Gasteiger partial charge is 0.362 e. The van der Waals surface area contributed by atoms with Gasteiger partial charge in [-0.15, -0.1) is 0 Å². The fraction of sp³-hybridized carbons (Fsp3) is 0.357. The van der Waals surface area contributed by atoms with Gasteiger partial charge in [0.05, 0.1) is 17.6 Å². The molecule has 0 saturated carbocycles. The maximum Gasteiger partial charge on any atom is 0.142 e. The molecular weight excluding hydrogens is 252 g/mol. The Morgan fingerprint density at radius 2 is 2.15 bits per heavy atom. The van der Waals surface area contributed by atoms with Gasteiger partial charge in [0.1, 0.15) is 17.8 Å². The SMILES string of the molecule is CC(C)[C@@H](Nc1ncnc2[nH]ccc12)c1cnn(C)c1. The lowest BCUT2D eigenvalue weighted by molar-refractivity contribution is 0.545. The van der Waals surface area contributed by atoms with Crippen LogP contribution in [0.15, 0.2) is 31.0 Å². The average Bonchev–Trinajstić information content (AvgIpc) is 3.04. The van der Waals surface area contributed by atoms with Crippen molar-refractivity contribution in [2.75, 3.05) is 5.32 Å². The zero-order valence-electron chi connectivity index (χ0n) is 11.8. The summed E-state index contributed by atoms with van der Waals surface area (Å²) in [6.45, 7) is 4.36. The molecular formula is C14H18N6. The van der Waals surface area contributed by atoms with Gasteiger partial charge in [0.15, 0.2) is 0 Å². The van der Waals surface area contributed by atoms with Crippen LogP contribution in [0.25, 0.3) is 11.0 Å². The molecule has 0 aliphatic rings. The van der Waals surface area contributed by atoms with Crippen molar-refractivity contribution in [2.24, 2.45) is 13.0 Å². The van der Waals surface area contributed by atoms with E-state index in [4.69, 9.17) is 0 Å². The molecule has 0 unspecified atom stereocenters. The van der Waals surface area contributed by atoms with E-state index in [0.29, 0.717) is 5.92 Å². The third kappa shape index (κ3) is 2.24. The molecule has 2 N–H and O–H groups in total. The van der Waals surface area contributed by atoms with Gasteiger partial charge in [0, 0.05) is 25.0 Å². The summed E-state index contributed by atoms with van der Waals surface area (Å²) in [5.41, 5.74) is 2.00. The lowest BCUT2D eigenvalue weighted by Crippen LogP contribution is -2.17. The number of nitrogens with one attached hydrogen (secondary N) is 2. The van der Waals surface area contributed by atoms with Gasteiger partial charge in [-0.25, -0.2) is 9.97 Å². The number of rotatable bonds is 4. The summed E-state index contributed by atoms with van der Waals surface area (Å²) >= 11 is 0. The first-order valence-electron chi connectivity index (χ1n) is 6.68. The van der Waals surface area contributed by atoms with Crippen molar-refractivity contribution in [3.63, 3.8) is 0 Å². The normalized spacial score (nSPS) is 13.0. The first kappa shape index (κ1) is 12.7. The Balaban J connectivity index is 1.96. The Morgan fingerprint density at radius 1 is 1.30 bits per heavy atom. The van der Waals surface area contributed by atoms with Crippen LogP contribution in [-0.2, 0) is 7.05 Å². The zero-order chi connectivity index (χ0) is 14.1. The number of anilines is 1. The number of aromatic nitrogens is 5. The Hall–Kier alpha value is -2.37. The van der Waals surface area contributed by atoms with E-state index in [-0.39, 0.29) is 6.04 Å². The summed E-state index contributed by atoms with van der Waals surface area (Å²) in [6, 6.07) is 2.15. The summed E-state index contributed by atoms with van der Waals surface area (Å²) in [5, 5.41) is 8.77. The average molecular weight is 270 g/mol. The molecule has 104 valence electrons. The van der Waals surface area contributed by atoms with Crippen LogP contribution < -0.4 is 5.32 Å². The van der Waals surface area contributed by atoms with E-state index in [9.17, 15) is 0 Å². The number of aryl methyl sites for hydroxylation is 1. The number of hydrogen-bond donors (Lipinski definition) is 2. The van der Waals surface area contributed by atoms with Crippen LogP contribution in [0.3, 0.4) is 0 Å². The number of nitrogens with zero attached hydrogens (tertiary/aromatic N) is 4. The lowest BCUT2D eigenvalue weighted by Gasteiger charge is -2.22. The maximum atomic E-state index is 4.36. The predicted octanol–water partition coefficient (Wildman–Crippen LogP) is 2.50. The van der Waals surface area contributed by atoms with E-state index in [1.807, 2.05) is 36.4 Å². The molecule has 0 fully saturated rings. The molecule has 0 spiro atoms. The highest BCUT2D eigenvalue weighted by molar-refractivity contribution is 5.86. The van der Waals surface area contributed by atoms with Gasteiger partial charge >= 0.3 is 0 Å². The maximum absolute atomic E-state index is 4.36. The first-order chi connectivity index (χ1) is 9.65. The molecule has 6 nitrogen and oxygen atoms in total. The minimum atomic E-state index is 0.164. The Kier molecular flexibility index (Phi) is 3.14. The monoisotopic (exact) mass is 270 g/mol. The number of fused-ring (bicyclic) bond motifs is 1. The molecule has 0 radical (unpaired) electrons. The van der Waals surface area contributed by atoms with Crippen LogP contribution in [0.4, 0.5) is 5.82 Å². The van der Waals surface area contributed by atoms with E-state index in [1.54, 1.807) is 6.33 Å². The highest BCUT2D eigenvalue weighted by atomic mass is 15.2. The fourth-order valence-corrected chi connectivity index (χ4v) is 2.37. The van der Waals surface area contributed by atoms with Crippen molar-refractivity contribution >= 4 is 16.9 Å². The van der Waals surface area contributed by atoms with E-state index in [0.717, 1.165) is 22.4 Å². The summed E-state index contributed by atoms with van der Waals surface area (Å²) in [4.78, 5) is 11.7. The second kappa shape index (κ2) is 4.96. The minimum Gasteiger partial charge on any atom is -0.362 e. The predicted molar refractivity (Wildman–Crippen MR) is 78.3 cm³/mol. The first-order valence-corrected chi connectivity index (χ1v) is 6.68. The summed E-state index contributed by atoms with van der Waals surface area (Å²) in [7, 11) is 1.93. The van der Waals surface area contributed by atoms with E-state index >= 15 is 0 Å². The molecule has 3 rings (SSSR count). The van der Waals surface area contributed by atoms with Gasteiger partial charge in [0.2, 0.25) is 0 Å². The summed E-state index contributed by atoms with van der Waals surface area (Å²) in [5.74, 6) is 1.27. The van der Waals surface area contributed by atoms with Crippen molar-refractivity contribution in [2.45, 2.75) is 19.9 Å². The lowest BCUT2D eigenvalue weighted by atomic mass is 9.99. The quantitative estimate of drug-likeness (QED) is 0.764. The Morgan fingerprint density at radius 3 is 2.85 bits per heavy atom. The van der Waals surface area contributed by atoms with Gasteiger partial charge in [-0.2, -0.15) is 5.10 Å². The molecule has 0 aliphatic heterocycles. The third-order valence-corrected chi connectivity index (χ3v) is 3.40. The van der Waals surface area contributed by atoms with Gasteiger partial charge < -0.3 is 10.3 Å². The second-order valence-electron chi connectivity index (χ2n) is 5.28. The van der Waals surface area contributed by atoms with Crippen LogP contribution in [0.5, 0.6) is 0 Å². The van der Waals surface area contributed by atoms with Crippen LogP contribution in [0.2, 0.25) is 0 Å². The molecule has 3 aromatic heterocycles. The van der Waals surface area contributed by atoms with E-state index < -0.39 is 0 Å². The highest BCUT2D eigenvalue weighted by Crippen LogP contribution is 2.28. The van der Waals surface area contributed by atoms with E-state index in [2.05, 4.69) is 39.2 Å². The van der Waals surface area contributed by atoms with Crippen molar-refractivity contribution < 1.29 is 0 Å². The van der Waals surface area contributed by atoms with Crippen LogP contribution >= 0.6 is 0 Å². The Labute approximate surface area is 117 Å². The summed E-state index contributed by atoms with van der Waals surface area (Å²) < 4.78 is 1.82. The highest BCUT2D eigenvalue weighted by Gasteiger charge is 2.19. The van der Waals surface area contributed by atoms with E-state index in [1.165, 1.54) is 0 Å². The molecule has 1 atom stereocenters. The molecule has 6 heteroatoms. The zero-order valence-corrected chi connectivity index (χ0v) is 11.8. The number of hydrogen-bond acceptors (Lipinski definition) is 4.